The molecule has 4 atom stereocenters. The van der Waals surface area contributed by atoms with Crippen molar-refractivity contribution in [1.82, 2.24) is 5.32 Å². The molecule has 4 unspecified atom stereocenters. The molecule has 22 heavy (non-hydrogen) atoms. The van der Waals surface area contributed by atoms with Crippen molar-refractivity contribution in [2.24, 2.45) is 17.6 Å². The summed E-state index contributed by atoms with van der Waals surface area (Å²) >= 11 is 0. The van der Waals surface area contributed by atoms with E-state index in [2.05, 4.69) is 12.2 Å². The fourth-order valence-electron chi connectivity index (χ4n) is 3.09. The lowest BCUT2D eigenvalue weighted by molar-refractivity contribution is -0.126. The third-order valence-corrected chi connectivity index (χ3v) is 4.74. The third-order valence-electron chi connectivity index (χ3n) is 4.74. The number of nitrogens with one attached hydrogen (secondary N) is 1. The van der Waals surface area contributed by atoms with Crippen molar-refractivity contribution < 1.29 is 4.79 Å². The van der Waals surface area contributed by atoms with Gasteiger partial charge in [-0.15, -0.1) is 12.4 Å². The molecule has 0 spiro atoms. The van der Waals surface area contributed by atoms with E-state index in [1.54, 1.807) is 0 Å². The van der Waals surface area contributed by atoms with Crippen molar-refractivity contribution in [3.63, 3.8) is 0 Å². The summed E-state index contributed by atoms with van der Waals surface area (Å²) < 4.78 is 0. The van der Waals surface area contributed by atoms with Crippen molar-refractivity contribution >= 4 is 18.3 Å². The van der Waals surface area contributed by atoms with Gasteiger partial charge in [0.25, 0.3) is 0 Å². The summed E-state index contributed by atoms with van der Waals surface area (Å²) in [7, 11) is 0. The van der Waals surface area contributed by atoms with E-state index in [1.165, 1.54) is 19.3 Å². The molecule has 0 aliphatic heterocycles. The predicted molar refractivity (Wildman–Crippen MR) is 94.0 cm³/mol. The first-order chi connectivity index (χ1) is 10.1. The van der Waals surface area contributed by atoms with Crippen molar-refractivity contribution in [3.8, 4) is 0 Å². The van der Waals surface area contributed by atoms with Gasteiger partial charge in [-0.05, 0) is 30.7 Å². The molecule has 0 aromatic heterocycles. The van der Waals surface area contributed by atoms with E-state index in [9.17, 15) is 4.79 Å². The number of carbonyl (C=O) groups is 1. The Kier molecular flexibility index (Phi) is 7.91. The number of halogens is 1. The minimum Gasteiger partial charge on any atom is -0.353 e. The number of benzene rings is 1. The van der Waals surface area contributed by atoms with E-state index in [-0.39, 0.29) is 30.3 Å². The van der Waals surface area contributed by atoms with E-state index in [0.29, 0.717) is 6.04 Å². The van der Waals surface area contributed by atoms with Gasteiger partial charge in [-0.1, -0.05) is 57.0 Å². The molecular weight excluding hydrogens is 296 g/mol. The largest absolute Gasteiger partial charge is 0.353 e. The van der Waals surface area contributed by atoms with Gasteiger partial charge in [0.1, 0.15) is 0 Å². The first-order valence-corrected chi connectivity index (χ1v) is 8.19. The molecule has 0 heterocycles. The van der Waals surface area contributed by atoms with Crippen LogP contribution in [0.2, 0.25) is 0 Å². The Morgan fingerprint density at radius 1 is 1.18 bits per heavy atom. The minimum absolute atomic E-state index is 0. The van der Waals surface area contributed by atoms with Crippen LogP contribution in [0.25, 0.3) is 0 Å². The molecule has 2 rings (SSSR count). The molecular formula is C18H29ClN2O. The van der Waals surface area contributed by atoms with Gasteiger partial charge in [-0.25, -0.2) is 0 Å². The number of hydrogen-bond acceptors (Lipinski definition) is 2. The zero-order chi connectivity index (χ0) is 15.2. The van der Waals surface area contributed by atoms with Crippen LogP contribution >= 0.6 is 12.4 Å². The van der Waals surface area contributed by atoms with E-state index < -0.39 is 0 Å². The Labute approximate surface area is 140 Å². The average molecular weight is 325 g/mol. The van der Waals surface area contributed by atoms with E-state index >= 15 is 0 Å². The third kappa shape index (κ3) is 5.29. The van der Waals surface area contributed by atoms with Gasteiger partial charge < -0.3 is 11.1 Å². The number of nitrogens with two attached hydrogens (primary N) is 1. The highest BCUT2D eigenvalue weighted by Gasteiger charge is 2.25. The molecule has 3 N–H and O–H groups in total. The van der Waals surface area contributed by atoms with Crippen LogP contribution in [-0.2, 0) is 4.79 Å². The number of rotatable bonds is 4. The molecule has 4 heteroatoms. The summed E-state index contributed by atoms with van der Waals surface area (Å²) in [6.45, 7) is 4.23. The lowest BCUT2D eigenvalue weighted by Gasteiger charge is -2.23. The fraction of sp³-hybridized carbons (Fsp3) is 0.611. The summed E-state index contributed by atoms with van der Waals surface area (Å²) in [6, 6.07) is 9.96. The lowest BCUT2D eigenvalue weighted by Crippen LogP contribution is -2.41. The van der Waals surface area contributed by atoms with Gasteiger partial charge in [-0.2, -0.15) is 0 Å². The summed E-state index contributed by atoms with van der Waals surface area (Å²) in [5.41, 5.74) is 7.26. The summed E-state index contributed by atoms with van der Waals surface area (Å²) in [6.07, 6.45) is 5.91. The number of hydrogen-bond donors (Lipinski definition) is 2. The summed E-state index contributed by atoms with van der Waals surface area (Å²) in [5, 5.41) is 3.21. The van der Waals surface area contributed by atoms with E-state index in [0.717, 1.165) is 24.3 Å². The van der Waals surface area contributed by atoms with Gasteiger partial charge in [0.15, 0.2) is 0 Å². The van der Waals surface area contributed by atoms with Crippen molar-refractivity contribution in [2.45, 2.75) is 58.0 Å². The Morgan fingerprint density at radius 2 is 1.86 bits per heavy atom. The van der Waals surface area contributed by atoms with Crippen LogP contribution in [0.15, 0.2) is 30.3 Å². The molecule has 1 aromatic rings. The Balaban J connectivity index is 0.00000242. The standard InChI is InChI=1S/C18H28N2O.ClH/c1-13-7-6-10-16(12-11-13)20-18(21)14(2)17(19)15-8-4-3-5-9-15;/h3-5,8-9,13-14,16-17H,6-7,10-12,19H2,1-2H3,(H,20,21);1H. The summed E-state index contributed by atoms with van der Waals surface area (Å²) in [5.74, 6) is 0.676. The Morgan fingerprint density at radius 3 is 2.55 bits per heavy atom. The quantitative estimate of drug-likeness (QED) is 0.827. The Hall–Kier alpha value is -1.06. The van der Waals surface area contributed by atoms with Crippen LogP contribution in [0.1, 0.15) is 57.6 Å². The Bertz CT molecular complexity index is 452. The molecule has 124 valence electrons. The molecule has 1 aromatic carbocycles. The zero-order valence-electron chi connectivity index (χ0n) is 13.6. The minimum atomic E-state index is -0.240. The van der Waals surface area contributed by atoms with Crippen LogP contribution in [0.4, 0.5) is 0 Å². The van der Waals surface area contributed by atoms with Crippen molar-refractivity contribution in [3.05, 3.63) is 35.9 Å². The normalized spacial score (nSPS) is 24.5. The van der Waals surface area contributed by atoms with E-state index in [4.69, 9.17) is 5.73 Å². The maximum absolute atomic E-state index is 12.4. The second-order valence-electron chi connectivity index (χ2n) is 6.54. The highest BCUT2D eigenvalue weighted by atomic mass is 35.5. The van der Waals surface area contributed by atoms with Crippen molar-refractivity contribution in [2.75, 3.05) is 0 Å². The maximum Gasteiger partial charge on any atom is 0.224 e. The van der Waals surface area contributed by atoms with Crippen molar-refractivity contribution in [1.29, 1.82) is 0 Å². The van der Waals surface area contributed by atoms with Gasteiger partial charge in [0.2, 0.25) is 5.91 Å². The molecule has 0 radical (unpaired) electrons. The van der Waals surface area contributed by atoms with Crippen LogP contribution in [0, 0.1) is 11.8 Å². The van der Waals surface area contributed by atoms with E-state index in [1.807, 2.05) is 37.3 Å². The zero-order valence-corrected chi connectivity index (χ0v) is 14.4. The second kappa shape index (κ2) is 9.16. The monoisotopic (exact) mass is 324 g/mol. The highest BCUT2D eigenvalue weighted by molar-refractivity contribution is 5.85. The topological polar surface area (TPSA) is 55.1 Å². The maximum atomic E-state index is 12.4. The van der Waals surface area contributed by atoms with Crippen LogP contribution in [0.3, 0.4) is 0 Å². The van der Waals surface area contributed by atoms with Gasteiger partial charge >= 0.3 is 0 Å². The summed E-state index contributed by atoms with van der Waals surface area (Å²) in [4.78, 5) is 12.4. The SMILES string of the molecule is CC1CCCC(NC(=O)C(C)C(N)c2ccccc2)CC1.Cl. The molecule has 1 fully saturated rings. The number of amides is 1. The molecule has 3 nitrogen and oxygen atoms in total. The predicted octanol–water partition coefficient (Wildman–Crippen LogP) is 3.83. The molecule has 0 bridgehead atoms. The molecule has 0 saturated heterocycles. The van der Waals surface area contributed by atoms with Crippen LogP contribution in [-0.4, -0.2) is 11.9 Å². The molecule has 1 saturated carbocycles. The number of carbonyl (C=O) groups excluding carboxylic acids is 1. The fourth-order valence-corrected chi connectivity index (χ4v) is 3.09. The lowest BCUT2D eigenvalue weighted by atomic mass is 9.94. The average Bonchev–Trinajstić information content (AvgIpc) is 2.71. The van der Waals surface area contributed by atoms with Crippen LogP contribution < -0.4 is 11.1 Å². The highest BCUT2D eigenvalue weighted by Crippen LogP contribution is 2.24. The second-order valence-corrected chi connectivity index (χ2v) is 6.54. The molecule has 1 aliphatic rings. The van der Waals surface area contributed by atoms with Crippen LogP contribution in [0.5, 0.6) is 0 Å². The first-order valence-electron chi connectivity index (χ1n) is 8.19. The first kappa shape index (κ1) is 19.0. The van der Waals surface area contributed by atoms with Gasteiger partial charge in [0.05, 0.1) is 5.92 Å². The van der Waals surface area contributed by atoms with Gasteiger partial charge in [0, 0.05) is 12.1 Å². The van der Waals surface area contributed by atoms with Gasteiger partial charge in [-0.3, -0.25) is 4.79 Å². The molecule has 1 aliphatic carbocycles. The molecule has 1 amide bonds. The smallest absolute Gasteiger partial charge is 0.224 e.